The van der Waals surface area contributed by atoms with E-state index in [1.165, 1.54) is 0 Å². The Morgan fingerprint density at radius 2 is 1.80 bits per heavy atom. The van der Waals surface area contributed by atoms with E-state index in [0.717, 1.165) is 41.6 Å². The second-order valence-electron chi connectivity index (χ2n) is 8.49. The number of benzene rings is 2. The third-order valence-electron chi connectivity index (χ3n) is 6.26. The summed E-state index contributed by atoms with van der Waals surface area (Å²) < 4.78 is 9.50. The van der Waals surface area contributed by atoms with E-state index in [9.17, 15) is 4.79 Å². The second-order valence-corrected chi connectivity index (χ2v) is 8.93. The molecular formula is C27H28ClN5O2. The molecule has 7 nitrogen and oxygen atoms in total. The summed E-state index contributed by atoms with van der Waals surface area (Å²) >= 11 is 6.26. The minimum Gasteiger partial charge on any atom is -0.492 e. The zero-order valence-electron chi connectivity index (χ0n) is 19.9. The quantitative estimate of drug-likeness (QED) is 0.387. The van der Waals surface area contributed by atoms with Crippen LogP contribution in [0.1, 0.15) is 17.4 Å². The minimum absolute atomic E-state index is 0.0457. The van der Waals surface area contributed by atoms with Crippen LogP contribution in [0.5, 0.6) is 5.75 Å². The van der Waals surface area contributed by atoms with Gasteiger partial charge in [-0.05, 0) is 55.5 Å². The van der Waals surface area contributed by atoms with Gasteiger partial charge in [-0.3, -0.25) is 4.79 Å². The number of piperazine rings is 1. The molecule has 0 aliphatic carbocycles. The Balaban J connectivity index is 1.42. The smallest absolute Gasteiger partial charge is 0.272 e. The molecule has 1 fully saturated rings. The zero-order chi connectivity index (χ0) is 24.4. The minimum atomic E-state index is -0.0457. The van der Waals surface area contributed by atoms with Crippen molar-refractivity contribution in [3.05, 3.63) is 83.6 Å². The number of rotatable bonds is 6. The third-order valence-corrected chi connectivity index (χ3v) is 6.50. The Bertz CT molecular complexity index is 1340. The summed E-state index contributed by atoms with van der Waals surface area (Å²) in [6.07, 6.45) is 1.97. The average molecular weight is 490 g/mol. The van der Waals surface area contributed by atoms with E-state index in [0.29, 0.717) is 30.4 Å². The summed E-state index contributed by atoms with van der Waals surface area (Å²) in [5.41, 5.74) is 4.02. The van der Waals surface area contributed by atoms with Gasteiger partial charge in [0.15, 0.2) is 0 Å². The lowest BCUT2D eigenvalue weighted by molar-refractivity contribution is 0.0737. The van der Waals surface area contributed by atoms with Gasteiger partial charge in [-0.15, -0.1) is 0 Å². The first-order valence-electron chi connectivity index (χ1n) is 11.8. The number of amides is 1. The van der Waals surface area contributed by atoms with Crippen LogP contribution in [-0.4, -0.2) is 57.9 Å². The zero-order valence-corrected chi connectivity index (χ0v) is 20.7. The highest BCUT2D eigenvalue weighted by atomic mass is 35.5. The first-order valence-corrected chi connectivity index (χ1v) is 12.2. The van der Waals surface area contributed by atoms with E-state index >= 15 is 0 Å². The van der Waals surface area contributed by atoms with E-state index in [2.05, 4.69) is 11.0 Å². The number of carbonyl (C=O) groups is 1. The van der Waals surface area contributed by atoms with Crippen LogP contribution in [0.15, 0.2) is 72.9 Å². The summed E-state index contributed by atoms with van der Waals surface area (Å²) in [6, 6.07) is 21.3. The third kappa shape index (κ3) is 4.64. The molecule has 0 bridgehead atoms. The fourth-order valence-corrected chi connectivity index (χ4v) is 4.68. The topological polar surface area (TPSA) is 55.5 Å². The number of ether oxygens (including phenoxy) is 1. The Morgan fingerprint density at radius 1 is 1.00 bits per heavy atom. The predicted molar refractivity (Wildman–Crippen MR) is 139 cm³/mol. The Labute approximate surface area is 210 Å². The summed E-state index contributed by atoms with van der Waals surface area (Å²) in [4.78, 5) is 17.9. The normalized spacial score (nSPS) is 13.8. The molecule has 35 heavy (non-hydrogen) atoms. The van der Waals surface area contributed by atoms with Gasteiger partial charge < -0.3 is 19.1 Å². The lowest BCUT2D eigenvalue weighted by Gasteiger charge is -2.36. The van der Waals surface area contributed by atoms with Crippen LogP contribution in [-0.2, 0) is 7.05 Å². The number of aromatic nitrogens is 3. The molecule has 8 heteroatoms. The van der Waals surface area contributed by atoms with Gasteiger partial charge in [-0.25, -0.2) is 4.68 Å². The van der Waals surface area contributed by atoms with Gasteiger partial charge in [0, 0.05) is 44.4 Å². The fraction of sp³-hybridized carbons (Fsp3) is 0.259. The van der Waals surface area contributed by atoms with Gasteiger partial charge in [0.2, 0.25) is 0 Å². The Kier molecular flexibility index (Phi) is 6.51. The summed E-state index contributed by atoms with van der Waals surface area (Å²) in [7, 11) is 1.97. The van der Waals surface area contributed by atoms with Crippen molar-refractivity contribution in [3.8, 4) is 22.8 Å². The number of anilines is 1. The maximum absolute atomic E-state index is 13.7. The molecule has 5 rings (SSSR count). The molecule has 0 unspecified atom stereocenters. The molecule has 1 aliphatic heterocycles. The standard InChI is InChI=1S/C27H28ClN5O2/c1-3-35-26-12-5-4-10-24(26)31-14-16-32(17-15-31)27(34)25-19-22(23-11-7-13-30(23)2)29-33(25)21-9-6-8-20(28)18-21/h4-13,18-19H,3,14-17H2,1-2H3. The molecule has 2 aromatic carbocycles. The number of hydrogen-bond donors (Lipinski definition) is 0. The number of aryl methyl sites for hydroxylation is 1. The molecule has 0 saturated carbocycles. The average Bonchev–Trinajstić information content (AvgIpc) is 3.51. The van der Waals surface area contributed by atoms with E-state index in [4.69, 9.17) is 21.4 Å². The Hall–Kier alpha value is -3.71. The van der Waals surface area contributed by atoms with Crippen LogP contribution in [0.2, 0.25) is 5.02 Å². The van der Waals surface area contributed by atoms with Gasteiger partial charge in [0.25, 0.3) is 5.91 Å². The number of hydrogen-bond acceptors (Lipinski definition) is 4. The molecule has 1 saturated heterocycles. The van der Waals surface area contributed by atoms with Gasteiger partial charge in [-0.2, -0.15) is 5.10 Å². The molecule has 0 atom stereocenters. The fourth-order valence-electron chi connectivity index (χ4n) is 4.50. The van der Waals surface area contributed by atoms with Crippen molar-refractivity contribution in [2.45, 2.75) is 6.92 Å². The van der Waals surface area contributed by atoms with E-state index < -0.39 is 0 Å². The van der Waals surface area contributed by atoms with Crippen molar-refractivity contribution in [2.75, 3.05) is 37.7 Å². The number of halogens is 1. The van der Waals surface area contributed by atoms with Crippen LogP contribution < -0.4 is 9.64 Å². The predicted octanol–water partition coefficient (Wildman–Crippen LogP) is 4.89. The molecular weight excluding hydrogens is 462 g/mol. The largest absolute Gasteiger partial charge is 0.492 e. The molecule has 3 heterocycles. The molecule has 0 radical (unpaired) electrons. The highest BCUT2D eigenvalue weighted by molar-refractivity contribution is 6.30. The van der Waals surface area contributed by atoms with Crippen LogP contribution in [0.25, 0.3) is 17.1 Å². The van der Waals surface area contributed by atoms with E-state index in [-0.39, 0.29) is 5.91 Å². The maximum Gasteiger partial charge on any atom is 0.272 e. The van der Waals surface area contributed by atoms with Crippen molar-refractivity contribution in [3.63, 3.8) is 0 Å². The SMILES string of the molecule is CCOc1ccccc1N1CCN(C(=O)c2cc(-c3cccn3C)nn2-c2cccc(Cl)c2)CC1. The summed E-state index contributed by atoms with van der Waals surface area (Å²) in [6.45, 7) is 5.28. The lowest BCUT2D eigenvalue weighted by atomic mass is 10.2. The molecule has 1 amide bonds. The van der Waals surface area contributed by atoms with Crippen LogP contribution in [0.4, 0.5) is 5.69 Å². The highest BCUT2D eigenvalue weighted by Gasteiger charge is 2.27. The number of para-hydroxylation sites is 2. The van der Waals surface area contributed by atoms with Crippen molar-refractivity contribution >= 4 is 23.2 Å². The van der Waals surface area contributed by atoms with Gasteiger partial charge in [-0.1, -0.05) is 29.8 Å². The Morgan fingerprint density at radius 3 is 2.51 bits per heavy atom. The molecule has 0 spiro atoms. The summed E-state index contributed by atoms with van der Waals surface area (Å²) in [5.74, 6) is 0.830. The van der Waals surface area contributed by atoms with Crippen LogP contribution >= 0.6 is 11.6 Å². The molecule has 2 aromatic heterocycles. The summed E-state index contributed by atoms with van der Waals surface area (Å²) in [5, 5.41) is 5.39. The molecule has 180 valence electrons. The number of nitrogens with zero attached hydrogens (tertiary/aromatic N) is 5. The van der Waals surface area contributed by atoms with E-state index in [1.807, 2.05) is 90.3 Å². The van der Waals surface area contributed by atoms with Crippen molar-refractivity contribution < 1.29 is 9.53 Å². The van der Waals surface area contributed by atoms with Gasteiger partial charge in [0.05, 0.1) is 23.7 Å². The first-order chi connectivity index (χ1) is 17.0. The van der Waals surface area contributed by atoms with Crippen LogP contribution in [0, 0.1) is 0 Å². The van der Waals surface area contributed by atoms with Crippen molar-refractivity contribution in [2.24, 2.45) is 7.05 Å². The highest BCUT2D eigenvalue weighted by Crippen LogP contribution is 2.30. The van der Waals surface area contributed by atoms with Crippen molar-refractivity contribution in [1.29, 1.82) is 0 Å². The molecule has 1 aliphatic rings. The molecule has 0 N–H and O–H groups in total. The second kappa shape index (κ2) is 9.88. The van der Waals surface area contributed by atoms with E-state index in [1.54, 1.807) is 4.68 Å². The number of carbonyl (C=O) groups excluding carboxylic acids is 1. The van der Waals surface area contributed by atoms with Gasteiger partial charge >= 0.3 is 0 Å². The van der Waals surface area contributed by atoms with Crippen LogP contribution in [0.3, 0.4) is 0 Å². The van der Waals surface area contributed by atoms with Gasteiger partial charge in [0.1, 0.15) is 17.1 Å². The molecule has 4 aromatic rings. The van der Waals surface area contributed by atoms with Crippen molar-refractivity contribution in [1.82, 2.24) is 19.2 Å². The monoisotopic (exact) mass is 489 g/mol. The maximum atomic E-state index is 13.7. The first kappa shape index (κ1) is 23.1. The lowest BCUT2D eigenvalue weighted by Crippen LogP contribution is -2.49.